The second-order valence-corrected chi connectivity index (χ2v) is 8.99. The van der Waals surface area contributed by atoms with Crippen molar-refractivity contribution in [3.05, 3.63) is 86.5 Å². The Balaban J connectivity index is 1.40. The number of rotatable bonds is 5. The first-order valence-corrected chi connectivity index (χ1v) is 10.8. The number of fused-ring (bicyclic) bond motifs is 1. The van der Waals surface area contributed by atoms with Crippen LogP contribution in [0.15, 0.2) is 63.6 Å². The highest BCUT2D eigenvalue weighted by Crippen LogP contribution is 2.25. The van der Waals surface area contributed by atoms with E-state index in [-0.39, 0.29) is 5.91 Å². The van der Waals surface area contributed by atoms with Crippen LogP contribution in [0.4, 0.5) is 5.13 Å². The number of halogens is 1. The highest BCUT2D eigenvalue weighted by molar-refractivity contribution is 9.10. The first-order chi connectivity index (χ1) is 13.9. The lowest BCUT2D eigenvalue weighted by atomic mass is 10.0. The lowest BCUT2D eigenvalue weighted by Gasteiger charge is -2.03. The van der Waals surface area contributed by atoms with Crippen LogP contribution < -0.4 is 5.32 Å². The molecule has 4 nitrogen and oxygen atoms in total. The second kappa shape index (κ2) is 8.35. The smallest absolute Gasteiger partial charge is 0.250 e. The lowest BCUT2D eigenvalue weighted by molar-refractivity contribution is -0.111. The maximum Gasteiger partial charge on any atom is 0.250 e. The van der Waals surface area contributed by atoms with Gasteiger partial charge in [-0.05, 0) is 49.8 Å². The molecule has 146 valence electrons. The summed E-state index contributed by atoms with van der Waals surface area (Å²) >= 11 is 4.93. The third kappa shape index (κ3) is 5.02. The van der Waals surface area contributed by atoms with Gasteiger partial charge in [-0.1, -0.05) is 45.3 Å². The van der Waals surface area contributed by atoms with Crippen LogP contribution in [-0.4, -0.2) is 10.9 Å². The number of nitrogens with one attached hydrogen (secondary N) is 1. The van der Waals surface area contributed by atoms with Crippen molar-refractivity contribution in [2.24, 2.45) is 0 Å². The normalized spacial score (nSPS) is 11.4. The van der Waals surface area contributed by atoms with Crippen LogP contribution in [0.1, 0.15) is 27.3 Å². The van der Waals surface area contributed by atoms with Crippen molar-refractivity contribution in [1.82, 2.24) is 4.98 Å². The highest BCUT2D eigenvalue weighted by atomic mass is 79.9. The number of carbonyl (C=O) groups excluding carboxylic acids is 1. The lowest BCUT2D eigenvalue weighted by Crippen LogP contribution is -2.06. The third-order valence-corrected chi connectivity index (χ3v) is 5.75. The van der Waals surface area contributed by atoms with E-state index in [0.717, 1.165) is 26.7 Å². The van der Waals surface area contributed by atoms with E-state index in [4.69, 9.17) is 4.42 Å². The molecule has 29 heavy (non-hydrogen) atoms. The molecule has 0 aliphatic heterocycles. The number of aryl methyl sites for hydroxylation is 2. The van der Waals surface area contributed by atoms with Crippen LogP contribution in [0.2, 0.25) is 0 Å². The molecule has 6 heteroatoms. The van der Waals surface area contributed by atoms with Gasteiger partial charge in [0.2, 0.25) is 5.91 Å². The molecule has 0 spiro atoms. The Kier molecular flexibility index (Phi) is 5.65. The quantitative estimate of drug-likeness (QED) is 0.341. The Morgan fingerprint density at radius 2 is 1.97 bits per heavy atom. The Morgan fingerprint density at radius 1 is 1.17 bits per heavy atom. The zero-order chi connectivity index (χ0) is 20.4. The van der Waals surface area contributed by atoms with Gasteiger partial charge in [0.1, 0.15) is 11.3 Å². The van der Waals surface area contributed by atoms with Crippen LogP contribution in [-0.2, 0) is 11.2 Å². The van der Waals surface area contributed by atoms with Crippen LogP contribution in [0, 0.1) is 13.8 Å². The van der Waals surface area contributed by atoms with Crippen molar-refractivity contribution in [3.8, 4) is 0 Å². The summed E-state index contributed by atoms with van der Waals surface area (Å²) < 4.78 is 6.70. The Labute approximate surface area is 181 Å². The van der Waals surface area contributed by atoms with Crippen LogP contribution in [0.25, 0.3) is 17.0 Å². The zero-order valence-electron chi connectivity index (χ0n) is 16.0. The molecule has 0 radical (unpaired) electrons. The maximum absolute atomic E-state index is 12.2. The summed E-state index contributed by atoms with van der Waals surface area (Å²) in [5, 5.41) is 4.39. The van der Waals surface area contributed by atoms with Crippen molar-refractivity contribution in [1.29, 1.82) is 0 Å². The molecule has 0 fully saturated rings. The summed E-state index contributed by atoms with van der Waals surface area (Å²) in [5.74, 6) is 0.391. The standard InChI is InChI=1S/C23H19BrN2O2S/c1-14-7-15(2)9-16(8-14)10-20-13-25-23(29-20)26-22(27)6-4-19-12-17-11-18(24)3-5-21(17)28-19/h3-9,11-13H,10H2,1-2H3,(H,25,26,27). The first-order valence-electron chi connectivity index (χ1n) is 9.15. The predicted octanol–water partition coefficient (Wildman–Crippen LogP) is 6.51. The van der Waals surface area contributed by atoms with E-state index >= 15 is 0 Å². The topological polar surface area (TPSA) is 55.1 Å². The molecule has 2 heterocycles. The Bertz CT molecular complexity index is 1200. The molecule has 0 aliphatic rings. The minimum absolute atomic E-state index is 0.237. The average molecular weight is 467 g/mol. The third-order valence-electron chi connectivity index (χ3n) is 4.34. The number of amides is 1. The predicted molar refractivity (Wildman–Crippen MR) is 122 cm³/mol. The number of benzene rings is 2. The van der Waals surface area contributed by atoms with Gasteiger partial charge in [0.25, 0.3) is 0 Å². The zero-order valence-corrected chi connectivity index (χ0v) is 18.4. The molecule has 0 aliphatic carbocycles. The van der Waals surface area contributed by atoms with Gasteiger partial charge in [-0.3, -0.25) is 10.1 Å². The molecule has 0 unspecified atom stereocenters. The van der Waals surface area contributed by atoms with E-state index in [9.17, 15) is 4.79 Å². The number of hydrogen-bond acceptors (Lipinski definition) is 4. The van der Waals surface area contributed by atoms with E-state index in [0.29, 0.717) is 10.9 Å². The second-order valence-electron chi connectivity index (χ2n) is 6.96. The molecule has 0 bridgehead atoms. The molecular formula is C23H19BrN2O2S. The van der Waals surface area contributed by atoms with E-state index in [2.05, 4.69) is 58.3 Å². The molecule has 0 atom stereocenters. The Hall–Kier alpha value is -2.70. The molecule has 2 aromatic carbocycles. The molecular weight excluding hydrogens is 448 g/mol. The van der Waals surface area contributed by atoms with E-state index in [1.54, 1.807) is 6.08 Å². The molecule has 1 amide bonds. The monoisotopic (exact) mass is 466 g/mol. The number of anilines is 1. The number of furan rings is 1. The summed E-state index contributed by atoms with van der Waals surface area (Å²) in [7, 11) is 0. The van der Waals surface area contributed by atoms with Gasteiger partial charge in [-0.25, -0.2) is 4.98 Å². The van der Waals surface area contributed by atoms with Crippen LogP contribution >= 0.6 is 27.3 Å². The number of aromatic nitrogens is 1. The van der Waals surface area contributed by atoms with Crippen molar-refractivity contribution in [2.45, 2.75) is 20.3 Å². The molecule has 0 saturated heterocycles. The van der Waals surface area contributed by atoms with Crippen LogP contribution in [0.3, 0.4) is 0 Å². The van der Waals surface area contributed by atoms with Gasteiger partial charge in [-0.15, -0.1) is 11.3 Å². The van der Waals surface area contributed by atoms with E-state index in [1.807, 2.05) is 30.5 Å². The summed E-state index contributed by atoms with van der Waals surface area (Å²) in [6, 6.07) is 14.2. The van der Waals surface area contributed by atoms with E-state index in [1.165, 1.54) is 34.1 Å². The maximum atomic E-state index is 12.2. The highest BCUT2D eigenvalue weighted by Gasteiger charge is 2.07. The van der Waals surface area contributed by atoms with Crippen LogP contribution in [0.5, 0.6) is 0 Å². The first kappa shape index (κ1) is 19.6. The summed E-state index contributed by atoms with van der Waals surface area (Å²) in [5.41, 5.74) is 4.53. The van der Waals surface area contributed by atoms with Gasteiger partial charge < -0.3 is 4.42 Å². The fraction of sp³-hybridized carbons (Fsp3) is 0.130. The minimum Gasteiger partial charge on any atom is -0.457 e. The molecule has 4 aromatic rings. The van der Waals surface area contributed by atoms with Crippen molar-refractivity contribution >= 4 is 55.4 Å². The fourth-order valence-electron chi connectivity index (χ4n) is 3.24. The fourth-order valence-corrected chi connectivity index (χ4v) is 4.47. The van der Waals surface area contributed by atoms with Crippen molar-refractivity contribution in [3.63, 3.8) is 0 Å². The summed E-state index contributed by atoms with van der Waals surface area (Å²) in [6.07, 6.45) is 5.74. The molecule has 1 N–H and O–H groups in total. The van der Waals surface area contributed by atoms with Gasteiger partial charge in [0.15, 0.2) is 5.13 Å². The largest absolute Gasteiger partial charge is 0.457 e. The number of hydrogen-bond donors (Lipinski definition) is 1. The van der Waals surface area contributed by atoms with Gasteiger partial charge in [0, 0.05) is 33.4 Å². The average Bonchev–Trinajstić information content (AvgIpc) is 3.25. The van der Waals surface area contributed by atoms with Crippen molar-refractivity contribution in [2.75, 3.05) is 5.32 Å². The van der Waals surface area contributed by atoms with Crippen molar-refractivity contribution < 1.29 is 9.21 Å². The summed E-state index contributed by atoms with van der Waals surface area (Å²) in [6.45, 7) is 4.20. The molecule has 4 rings (SSSR count). The van der Waals surface area contributed by atoms with E-state index < -0.39 is 0 Å². The molecule has 0 saturated carbocycles. The SMILES string of the molecule is Cc1cc(C)cc(Cc2cnc(NC(=O)C=Cc3cc4cc(Br)ccc4o3)s2)c1. The Morgan fingerprint density at radius 3 is 2.76 bits per heavy atom. The minimum atomic E-state index is -0.237. The number of nitrogens with zero attached hydrogens (tertiary/aromatic N) is 1. The van der Waals surface area contributed by atoms with Gasteiger partial charge in [0.05, 0.1) is 0 Å². The molecule has 2 aromatic heterocycles. The number of carbonyl (C=O) groups is 1. The van der Waals surface area contributed by atoms with Gasteiger partial charge >= 0.3 is 0 Å². The summed E-state index contributed by atoms with van der Waals surface area (Å²) in [4.78, 5) is 17.7. The number of thiazole rings is 1. The van der Waals surface area contributed by atoms with Gasteiger partial charge in [-0.2, -0.15) is 0 Å².